The van der Waals surface area contributed by atoms with Crippen molar-refractivity contribution in [2.45, 2.75) is 124 Å². The van der Waals surface area contributed by atoms with Crippen molar-refractivity contribution < 1.29 is 44.9 Å². The first-order valence-corrected chi connectivity index (χ1v) is 27.8. The number of hydrogen-bond acceptors (Lipinski definition) is 16. The monoisotopic (exact) mass is 1020 g/mol. The van der Waals surface area contributed by atoms with Gasteiger partial charge >= 0.3 is 12.0 Å². The van der Waals surface area contributed by atoms with E-state index in [-0.39, 0.29) is 34.4 Å². The summed E-state index contributed by atoms with van der Waals surface area (Å²) in [4.78, 5) is 26.2. The van der Waals surface area contributed by atoms with Crippen LogP contribution in [0, 0.1) is 11.6 Å². The van der Waals surface area contributed by atoms with E-state index in [0.717, 1.165) is 129 Å². The molecule has 2 fully saturated rings. The fourth-order valence-electron chi connectivity index (χ4n) is 7.17. The van der Waals surface area contributed by atoms with Gasteiger partial charge in [0.1, 0.15) is 18.8 Å². The lowest BCUT2D eigenvalue weighted by atomic mass is 9.88. The second-order valence-corrected chi connectivity index (χ2v) is 22.2. The smallest absolute Gasteiger partial charge is 0.316 e. The number of halogens is 3. The number of aromatic nitrogens is 6. The van der Waals surface area contributed by atoms with Gasteiger partial charge in [-0.25, -0.2) is 55.5 Å². The van der Waals surface area contributed by atoms with Gasteiger partial charge in [0.15, 0.2) is 42.8 Å². The summed E-state index contributed by atoms with van der Waals surface area (Å²) in [6, 6.07) is 7.51. The summed E-state index contributed by atoms with van der Waals surface area (Å²) in [5, 5.41) is 15.0. The van der Waals surface area contributed by atoms with Crippen molar-refractivity contribution in [2.24, 2.45) is 0 Å². The minimum absolute atomic E-state index is 0.00351. The third-order valence-electron chi connectivity index (χ3n) is 11.1. The summed E-state index contributed by atoms with van der Waals surface area (Å²) in [6.07, 6.45) is 19.5. The van der Waals surface area contributed by atoms with E-state index in [1.165, 1.54) is 17.1 Å². The van der Waals surface area contributed by atoms with Crippen LogP contribution in [0.3, 0.4) is 0 Å². The SMILES string of the molecule is CCc1cnc(OC2CCC(c3nc(CCl)cs3)CC2)nc1.CCc1cnc(OC2CCC(c3nc(COc4ccc(S(C)(=O)=O)cc4F)cs3)CC2)nc1.CS(=O)(=O)c1ccc(O)c(F)c1. The maximum atomic E-state index is 14.2. The Hall–Kier alpha value is -4.89. The predicted octanol–water partition coefficient (Wildman–Crippen LogP) is 10.00. The van der Waals surface area contributed by atoms with Crippen molar-refractivity contribution in [3.63, 3.8) is 0 Å². The molecule has 14 nitrogen and oxygen atoms in total. The quantitative estimate of drug-likeness (QED) is 0.101. The first-order chi connectivity index (χ1) is 32.0. The third-order valence-corrected chi connectivity index (χ3v) is 15.7. The van der Waals surface area contributed by atoms with Gasteiger partial charge in [0.25, 0.3) is 0 Å². The van der Waals surface area contributed by atoms with Crippen LogP contribution in [0.2, 0.25) is 0 Å². The molecule has 0 amide bonds. The molecule has 2 aliphatic rings. The number of thiazole rings is 2. The van der Waals surface area contributed by atoms with Gasteiger partial charge < -0.3 is 19.3 Å². The molecule has 67 heavy (non-hydrogen) atoms. The zero-order chi connectivity index (χ0) is 48.1. The van der Waals surface area contributed by atoms with Crippen molar-refractivity contribution >= 4 is 53.9 Å². The van der Waals surface area contributed by atoms with Gasteiger partial charge in [-0.3, -0.25) is 0 Å². The minimum atomic E-state index is -3.47. The molecule has 0 spiro atoms. The van der Waals surface area contributed by atoms with E-state index in [9.17, 15) is 25.6 Å². The molecule has 1 N–H and O–H groups in total. The molecule has 0 saturated heterocycles. The zero-order valence-electron chi connectivity index (χ0n) is 37.5. The van der Waals surface area contributed by atoms with Crippen molar-refractivity contribution in [1.82, 2.24) is 29.9 Å². The van der Waals surface area contributed by atoms with Gasteiger partial charge in [0.05, 0.1) is 37.1 Å². The molecule has 21 heteroatoms. The Bertz CT molecular complexity index is 2750. The number of hydrogen-bond donors (Lipinski definition) is 1. The van der Waals surface area contributed by atoms with Crippen LogP contribution < -0.4 is 14.2 Å². The van der Waals surface area contributed by atoms with E-state index < -0.39 is 37.1 Å². The summed E-state index contributed by atoms with van der Waals surface area (Å²) in [5.41, 5.74) is 3.94. The number of aryl methyl sites for hydroxylation is 2. The van der Waals surface area contributed by atoms with Crippen molar-refractivity contribution in [3.8, 4) is 23.5 Å². The number of ether oxygens (including phenoxy) is 3. The van der Waals surface area contributed by atoms with Crippen molar-refractivity contribution in [2.75, 3.05) is 12.5 Å². The van der Waals surface area contributed by atoms with E-state index >= 15 is 0 Å². The predicted molar refractivity (Wildman–Crippen MR) is 253 cm³/mol. The van der Waals surface area contributed by atoms with Crippen LogP contribution in [0.4, 0.5) is 8.78 Å². The van der Waals surface area contributed by atoms with Crippen LogP contribution in [0.1, 0.15) is 110 Å². The molecule has 0 aliphatic heterocycles. The second kappa shape index (κ2) is 23.9. The van der Waals surface area contributed by atoms with E-state index in [2.05, 4.69) is 49.1 Å². The maximum absolute atomic E-state index is 14.2. The number of nitrogens with zero attached hydrogens (tertiary/aromatic N) is 6. The summed E-state index contributed by atoms with van der Waals surface area (Å²) < 4.78 is 88.9. The molecule has 0 bridgehead atoms. The Balaban J connectivity index is 0.000000186. The molecule has 6 aromatic rings. The minimum Gasteiger partial charge on any atom is -0.505 e. The zero-order valence-corrected chi connectivity index (χ0v) is 41.5. The lowest BCUT2D eigenvalue weighted by Crippen LogP contribution is -2.24. The van der Waals surface area contributed by atoms with Crippen LogP contribution in [-0.2, 0) is 45.0 Å². The molecule has 2 aromatic carbocycles. The van der Waals surface area contributed by atoms with Crippen molar-refractivity contribution in [3.05, 3.63) is 116 Å². The van der Waals surface area contributed by atoms with Crippen LogP contribution in [-0.4, -0.2) is 76.6 Å². The van der Waals surface area contributed by atoms with Crippen LogP contribution in [0.15, 0.2) is 81.7 Å². The molecular formula is C46H53ClF2N6O8S4. The molecular weight excluding hydrogens is 966 g/mol. The van der Waals surface area contributed by atoms with Gasteiger partial charge in [-0.1, -0.05) is 13.8 Å². The molecule has 0 unspecified atom stereocenters. The van der Waals surface area contributed by atoms with Gasteiger partial charge in [-0.05, 0) is 112 Å². The molecule has 360 valence electrons. The molecule has 8 rings (SSSR count). The fraction of sp³-hybridized carbons (Fsp3) is 0.435. The third kappa shape index (κ3) is 15.3. The van der Waals surface area contributed by atoms with E-state index in [0.29, 0.717) is 29.7 Å². The Morgan fingerprint density at radius 3 is 1.49 bits per heavy atom. The lowest BCUT2D eigenvalue weighted by Gasteiger charge is -2.27. The highest BCUT2D eigenvalue weighted by Gasteiger charge is 2.28. The summed E-state index contributed by atoms with van der Waals surface area (Å²) in [7, 11) is -6.86. The molecule has 2 saturated carbocycles. The number of rotatable bonds is 14. The Morgan fingerprint density at radius 1 is 0.657 bits per heavy atom. The maximum Gasteiger partial charge on any atom is 0.316 e. The standard InChI is InChI=1S/C23H26FN3O4S2.C16H20ClN3OS.C7H7FO3S/c1-3-15-11-25-23(26-12-15)31-18-6-4-16(5-7-18)22-27-17(14-32-22)13-30-21-9-8-19(10-20(21)24)33(2,28)29;1-2-11-8-18-16(19-9-11)21-14-5-3-12(4-6-14)15-20-13(7-17)10-22-15;1-12(10,11)5-2-3-7(9)6(8)4-5/h8-12,14,16,18H,3-7,13H2,1-2H3;8-10,12,14H,2-7H2,1H3;2-4,9H,1H3. The van der Waals surface area contributed by atoms with Crippen LogP contribution in [0.25, 0.3) is 0 Å². The summed E-state index contributed by atoms with van der Waals surface area (Å²) in [6.45, 7) is 4.27. The Kier molecular flexibility index (Phi) is 18.4. The normalized spacial score (nSPS) is 18.4. The molecule has 4 aromatic heterocycles. The topological polar surface area (TPSA) is 194 Å². The highest BCUT2D eigenvalue weighted by atomic mass is 35.5. The van der Waals surface area contributed by atoms with Crippen LogP contribution >= 0.6 is 34.3 Å². The first-order valence-electron chi connectivity index (χ1n) is 21.7. The van der Waals surface area contributed by atoms with Gasteiger partial charge in [-0.15, -0.1) is 34.3 Å². The van der Waals surface area contributed by atoms with E-state index in [1.54, 1.807) is 35.1 Å². The number of phenolic OH excluding ortho intramolecular Hbond substituents is 1. The summed E-state index contributed by atoms with van der Waals surface area (Å²) >= 11 is 9.13. The highest BCUT2D eigenvalue weighted by molar-refractivity contribution is 7.91. The largest absolute Gasteiger partial charge is 0.505 e. The van der Waals surface area contributed by atoms with Gasteiger partial charge in [0.2, 0.25) is 0 Å². The van der Waals surface area contributed by atoms with E-state index in [1.807, 2.05) is 17.8 Å². The first kappa shape index (κ1) is 51.5. The number of aromatic hydroxyl groups is 1. The highest BCUT2D eigenvalue weighted by Crippen LogP contribution is 2.37. The number of phenols is 1. The lowest BCUT2D eigenvalue weighted by molar-refractivity contribution is 0.133. The fourth-order valence-corrected chi connectivity index (χ4v) is 10.6. The second-order valence-electron chi connectivity index (χ2n) is 16.2. The van der Waals surface area contributed by atoms with E-state index in [4.69, 9.17) is 30.9 Å². The Morgan fingerprint density at radius 2 is 1.09 bits per heavy atom. The Labute approximate surface area is 403 Å². The summed E-state index contributed by atoms with van der Waals surface area (Å²) in [5.74, 6) is -0.785. The van der Waals surface area contributed by atoms with Crippen molar-refractivity contribution in [1.29, 1.82) is 0 Å². The number of benzene rings is 2. The molecule has 2 aliphatic carbocycles. The van der Waals surface area contributed by atoms with Gasteiger partial charge in [-0.2, -0.15) is 0 Å². The molecule has 0 atom stereocenters. The number of sulfone groups is 2. The van der Waals surface area contributed by atoms with Gasteiger partial charge in [0, 0.05) is 59.9 Å². The average Bonchev–Trinajstić information content (AvgIpc) is 4.01. The molecule has 0 radical (unpaired) electrons. The molecule has 4 heterocycles. The van der Waals surface area contributed by atoms with Crippen LogP contribution in [0.5, 0.6) is 23.5 Å². The average molecular weight is 1020 g/mol. The number of alkyl halides is 1.